The van der Waals surface area contributed by atoms with Crippen LogP contribution in [0.1, 0.15) is 12.5 Å². The molecular formula is C14H23N3O2S. The standard InChI is InChI=1S/C14H23N3O2S/c1-2-20(18,19)17-11-9-16(10-12-17)8-7-13-3-5-14(15)6-4-13/h3-6H,2,7-12,15H2,1H3. The minimum absolute atomic E-state index is 0.193. The van der Waals surface area contributed by atoms with Crippen LogP contribution in [-0.2, 0) is 16.4 Å². The molecule has 5 nitrogen and oxygen atoms in total. The van der Waals surface area contributed by atoms with Crippen molar-refractivity contribution in [1.82, 2.24) is 9.21 Å². The van der Waals surface area contributed by atoms with Crippen LogP contribution in [0, 0.1) is 0 Å². The highest BCUT2D eigenvalue weighted by atomic mass is 32.2. The Morgan fingerprint density at radius 2 is 1.70 bits per heavy atom. The third kappa shape index (κ3) is 3.94. The van der Waals surface area contributed by atoms with Gasteiger partial charge in [-0.05, 0) is 31.0 Å². The number of piperazine rings is 1. The van der Waals surface area contributed by atoms with E-state index in [4.69, 9.17) is 5.73 Å². The minimum Gasteiger partial charge on any atom is -0.399 e. The molecule has 0 atom stereocenters. The molecule has 0 aliphatic carbocycles. The lowest BCUT2D eigenvalue weighted by molar-refractivity contribution is 0.190. The molecular weight excluding hydrogens is 274 g/mol. The second-order valence-electron chi connectivity index (χ2n) is 5.13. The van der Waals surface area contributed by atoms with Gasteiger partial charge in [-0.3, -0.25) is 0 Å². The highest BCUT2D eigenvalue weighted by Crippen LogP contribution is 2.10. The average molecular weight is 297 g/mol. The fourth-order valence-electron chi connectivity index (χ4n) is 2.39. The van der Waals surface area contributed by atoms with E-state index in [0.717, 1.165) is 31.7 Å². The molecule has 0 spiro atoms. The maximum atomic E-state index is 11.8. The predicted molar refractivity (Wildman–Crippen MR) is 82.0 cm³/mol. The lowest BCUT2D eigenvalue weighted by atomic mass is 10.1. The van der Waals surface area contributed by atoms with E-state index in [1.807, 2.05) is 24.3 Å². The molecule has 1 aliphatic heterocycles. The number of rotatable bonds is 5. The molecule has 1 aromatic rings. The van der Waals surface area contributed by atoms with Gasteiger partial charge in [-0.15, -0.1) is 0 Å². The van der Waals surface area contributed by atoms with Gasteiger partial charge in [-0.1, -0.05) is 12.1 Å². The number of sulfonamides is 1. The Balaban J connectivity index is 1.79. The molecule has 0 aromatic heterocycles. The lowest BCUT2D eigenvalue weighted by Gasteiger charge is -2.33. The highest BCUT2D eigenvalue weighted by molar-refractivity contribution is 7.89. The van der Waals surface area contributed by atoms with Gasteiger partial charge in [0.25, 0.3) is 0 Å². The van der Waals surface area contributed by atoms with Crippen molar-refractivity contribution < 1.29 is 8.42 Å². The second-order valence-corrected chi connectivity index (χ2v) is 7.39. The number of hydrogen-bond acceptors (Lipinski definition) is 4. The summed E-state index contributed by atoms with van der Waals surface area (Å²) in [4.78, 5) is 2.32. The molecule has 1 aromatic carbocycles. The summed E-state index contributed by atoms with van der Waals surface area (Å²) >= 11 is 0. The van der Waals surface area contributed by atoms with Gasteiger partial charge in [0.2, 0.25) is 10.0 Å². The van der Waals surface area contributed by atoms with E-state index < -0.39 is 10.0 Å². The Labute approximate surface area is 121 Å². The van der Waals surface area contributed by atoms with E-state index in [0.29, 0.717) is 13.1 Å². The van der Waals surface area contributed by atoms with Gasteiger partial charge >= 0.3 is 0 Å². The van der Waals surface area contributed by atoms with E-state index in [1.54, 1.807) is 11.2 Å². The van der Waals surface area contributed by atoms with Crippen molar-refractivity contribution in [2.45, 2.75) is 13.3 Å². The zero-order chi connectivity index (χ0) is 14.6. The van der Waals surface area contributed by atoms with Crippen molar-refractivity contribution in [3.05, 3.63) is 29.8 Å². The number of nitrogens with two attached hydrogens (primary N) is 1. The summed E-state index contributed by atoms with van der Waals surface area (Å²) in [5.74, 6) is 0.193. The van der Waals surface area contributed by atoms with Crippen molar-refractivity contribution in [3.8, 4) is 0 Å². The van der Waals surface area contributed by atoms with Crippen molar-refractivity contribution in [1.29, 1.82) is 0 Å². The number of nitrogen functional groups attached to an aromatic ring is 1. The van der Waals surface area contributed by atoms with Gasteiger partial charge in [0.05, 0.1) is 5.75 Å². The number of hydrogen-bond donors (Lipinski definition) is 1. The van der Waals surface area contributed by atoms with Crippen LogP contribution in [-0.4, -0.2) is 56.1 Å². The first-order valence-electron chi connectivity index (χ1n) is 7.06. The molecule has 1 saturated heterocycles. The number of benzene rings is 1. The molecule has 0 radical (unpaired) electrons. The van der Waals surface area contributed by atoms with Crippen LogP contribution in [0.15, 0.2) is 24.3 Å². The van der Waals surface area contributed by atoms with E-state index >= 15 is 0 Å². The van der Waals surface area contributed by atoms with Crippen molar-refractivity contribution >= 4 is 15.7 Å². The molecule has 1 fully saturated rings. The zero-order valence-corrected chi connectivity index (χ0v) is 12.8. The molecule has 1 heterocycles. The van der Waals surface area contributed by atoms with Crippen LogP contribution in [0.25, 0.3) is 0 Å². The van der Waals surface area contributed by atoms with Gasteiger partial charge in [-0.25, -0.2) is 8.42 Å². The first kappa shape index (κ1) is 15.3. The van der Waals surface area contributed by atoms with Crippen molar-refractivity contribution in [3.63, 3.8) is 0 Å². The molecule has 0 bridgehead atoms. The molecule has 20 heavy (non-hydrogen) atoms. The lowest BCUT2D eigenvalue weighted by Crippen LogP contribution is -2.49. The Bertz CT molecular complexity index is 520. The van der Waals surface area contributed by atoms with E-state index in [-0.39, 0.29) is 5.75 Å². The van der Waals surface area contributed by atoms with E-state index in [2.05, 4.69) is 4.90 Å². The van der Waals surface area contributed by atoms with Gasteiger partial charge < -0.3 is 10.6 Å². The van der Waals surface area contributed by atoms with Crippen LogP contribution < -0.4 is 5.73 Å². The Morgan fingerprint density at radius 3 is 2.25 bits per heavy atom. The number of anilines is 1. The van der Waals surface area contributed by atoms with Crippen LogP contribution in [0.5, 0.6) is 0 Å². The van der Waals surface area contributed by atoms with Gasteiger partial charge in [0.1, 0.15) is 0 Å². The topological polar surface area (TPSA) is 66.6 Å². The largest absolute Gasteiger partial charge is 0.399 e. The third-order valence-corrected chi connectivity index (χ3v) is 5.67. The van der Waals surface area contributed by atoms with Gasteiger partial charge in [0, 0.05) is 38.4 Å². The maximum Gasteiger partial charge on any atom is 0.213 e. The minimum atomic E-state index is -3.02. The van der Waals surface area contributed by atoms with Crippen LogP contribution >= 0.6 is 0 Å². The van der Waals surface area contributed by atoms with Gasteiger partial charge in [-0.2, -0.15) is 4.31 Å². The molecule has 1 aliphatic rings. The summed E-state index contributed by atoms with van der Waals surface area (Å²) < 4.78 is 25.1. The average Bonchev–Trinajstić information content (AvgIpc) is 2.47. The highest BCUT2D eigenvalue weighted by Gasteiger charge is 2.24. The van der Waals surface area contributed by atoms with Crippen molar-refractivity contribution in [2.24, 2.45) is 0 Å². The zero-order valence-electron chi connectivity index (χ0n) is 12.0. The summed E-state index contributed by atoms with van der Waals surface area (Å²) in [6.45, 7) is 5.50. The molecule has 0 saturated carbocycles. The fraction of sp³-hybridized carbons (Fsp3) is 0.571. The Morgan fingerprint density at radius 1 is 1.10 bits per heavy atom. The van der Waals surface area contributed by atoms with Crippen LogP contribution in [0.4, 0.5) is 5.69 Å². The smallest absolute Gasteiger partial charge is 0.213 e. The quantitative estimate of drug-likeness (QED) is 0.816. The SMILES string of the molecule is CCS(=O)(=O)N1CCN(CCc2ccc(N)cc2)CC1. The summed E-state index contributed by atoms with van der Waals surface area (Å²) in [5.41, 5.74) is 7.71. The predicted octanol–water partition coefficient (Wildman–Crippen LogP) is 0.779. The molecule has 0 unspecified atom stereocenters. The third-order valence-electron chi connectivity index (χ3n) is 3.79. The monoisotopic (exact) mass is 297 g/mol. The Kier molecular flexibility index (Phi) is 5.01. The Hall–Kier alpha value is -1.11. The summed E-state index contributed by atoms with van der Waals surface area (Å²) in [5, 5.41) is 0. The summed E-state index contributed by atoms with van der Waals surface area (Å²) in [6, 6.07) is 7.93. The van der Waals surface area contributed by atoms with Gasteiger partial charge in [0.15, 0.2) is 0 Å². The number of nitrogens with zero attached hydrogens (tertiary/aromatic N) is 2. The first-order chi connectivity index (χ1) is 9.51. The van der Waals surface area contributed by atoms with E-state index in [1.165, 1.54) is 5.56 Å². The summed E-state index contributed by atoms with van der Waals surface area (Å²) in [6.07, 6.45) is 0.973. The molecule has 2 rings (SSSR count). The van der Waals surface area contributed by atoms with Crippen LogP contribution in [0.2, 0.25) is 0 Å². The summed E-state index contributed by atoms with van der Waals surface area (Å²) in [7, 11) is -3.02. The maximum absolute atomic E-state index is 11.8. The van der Waals surface area contributed by atoms with Crippen LogP contribution in [0.3, 0.4) is 0 Å². The van der Waals surface area contributed by atoms with E-state index in [9.17, 15) is 8.42 Å². The molecule has 2 N–H and O–H groups in total. The first-order valence-corrected chi connectivity index (χ1v) is 8.67. The second kappa shape index (κ2) is 6.56. The van der Waals surface area contributed by atoms with Crippen molar-refractivity contribution in [2.75, 3.05) is 44.2 Å². The fourth-order valence-corrected chi connectivity index (χ4v) is 3.47. The molecule has 112 valence electrons. The normalized spacial score (nSPS) is 18.2. The molecule has 6 heteroatoms. The molecule has 0 amide bonds.